The molecule has 0 spiro atoms. The van der Waals surface area contributed by atoms with Crippen LogP contribution in [0.15, 0.2) is 24.8 Å². The van der Waals surface area contributed by atoms with Crippen LogP contribution in [0.5, 0.6) is 0 Å². The molecular formula is C15H15F3N8. The summed E-state index contributed by atoms with van der Waals surface area (Å²) < 4.78 is 40.3. The van der Waals surface area contributed by atoms with Crippen LogP contribution in [-0.4, -0.2) is 55.7 Å². The van der Waals surface area contributed by atoms with E-state index < -0.39 is 11.9 Å². The third-order valence-electron chi connectivity index (χ3n) is 4.33. The average Bonchev–Trinajstić information content (AvgIpc) is 3.03. The van der Waals surface area contributed by atoms with E-state index in [1.807, 2.05) is 21.1 Å². The van der Waals surface area contributed by atoms with Gasteiger partial charge in [-0.3, -0.25) is 4.40 Å². The lowest BCUT2D eigenvalue weighted by atomic mass is 10.3. The maximum Gasteiger partial charge on any atom is 0.433 e. The fourth-order valence-corrected chi connectivity index (χ4v) is 2.97. The maximum atomic E-state index is 12.8. The van der Waals surface area contributed by atoms with Gasteiger partial charge in [0.1, 0.15) is 23.7 Å². The van der Waals surface area contributed by atoms with Crippen LogP contribution in [0.3, 0.4) is 0 Å². The number of alkyl halides is 3. The Bertz CT molecular complexity index is 930. The summed E-state index contributed by atoms with van der Waals surface area (Å²) in [4.78, 5) is 15.5. The second kappa shape index (κ2) is 6.07. The lowest BCUT2D eigenvalue weighted by molar-refractivity contribution is -0.141. The predicted octanol–water partition coefficient (Wildman–Crippen LogP) is 1.57. The number of aromatic nitrogens is 6. The number of hydrogen-bond acceptors (Lipinski definition) is 7. The largest absolute Gasteiger partial charge is 0.433 e. The van der Waals surface area contributed by atoms with E-state index >= 15 is 0 Å². The molecule has 1 aliphatic rings. The highest BCUT2D eigenvalue weighted by Crippen LogP contribution is 2.29. The first-order valence-electron chi connectivity index (χ1n) is 7.99. The smallest absolute Gasteiger partial charge is 0.353 e. The topological polar surface area (TPSA) is 75.3 Å². The molecule has 26 heavy (non-hydrogen) atoms. The van der Waals surface area contributed by atoms with Crippen molar-refractivity contribution >= 4 is 17.3 Å². The van der Waals surface area contributed by atoms with E-state index in [1.165, 1.54) is 0 Å². The number of nitrogens with zero attached hydrogens (tertiary/aromatic N) is 8. The van der Waals surface area contributed by atoms with Crippen LogP contribution in [0.4, 0.5) is 24.8 Å². The van der Waals surface area contributed by atoms with Crippen molar-refractivity contribution in [2.45, 2.75) is 13.1 Å². The minimum atomic E-state index is -4.48. The third-order valence-corrected chi connectivity index (χ3v) is 4.33. The van der Waals surface area contributed by atoms with E-state index in [0.717, 1.165) is 18.2 Å². The number of piperazine rings is 1. The average molecular weight is 364 g/mol. The number of anilines is 2. The van der Waals surface area contributed by atoms with E-state index in [-0.39, 0.29) is 5.82 Å². The molecule has 0 bridgehead atoms. The van der Waals surface area contributed by atoms with Gasteiger partial charge in [0.05, 0.1) is 0 Å². The monoisotopic (exact) mass is 364 g/mol. The molecule has 0 radical (unpaired) electrons. The molecule has 136 valence electrons. The summed E-state index contributed by atoms with van der Waals surface area (Å²) in [6.07, 6.45) is -0.0501. The molecule has 0 N–H and O–H groups in total. The quantitative estimate of drug-likeness (QED) is 0.683. The summed E-state index contributed by atoms with van der Waals surface area (Å²) in [5.74, 6) is 1.76. The zero-order chi connectivity index (χ0) is 18.3. The lowest BCUT2D eigenvalue weighted by Gasteiger charge is -2.36. The van der Waals surface area contributed by atoms with Crippen molar-refractivity contribution in [3.8, 4) is 0 Å². The first-order chi connectivity index (χ1) is 12.4. The van der Waals surface area contributed by atoms with Gasteiger partial charge in [0.25, 0.3) is 0 Å². The summed E-state index contributed by atoms with van der Waals surface area (Å²) in [6.45, 7) is 4.07. The van der Waals surface area contributed by atoms with Gasteiger partial charge in [0.2, 0.25) is 5.65 Å². The van der Waals surface area contributed by atoms with Gasteiger partial charge in [0, 0.05) is 44.6 Å². The minimum Gasteiger partial charge on any atom is -0.353 e. The van der Waals surface area contributed by atoms with E-state index in [1.54, 1.807) is 12.4 Å². The fourth-order valence-electron chi connectivity index (χ4n) is 2.97. The van der Waals surface area contributed by atoms with Crippen molar-refractivity contribution in [1.29, 1.82) is 0 Å². The molecule has 11 heteroatoms. The first-order valence-corrected chi connectivity index (χ1v) is 7.99. The van der Waals surface area contributed by atoms with Crippen molar-refractivity contribution < 1.29 is 13.2 Å². The summed E-state index contributed by atoms with van der Waals surface area (Å²) in [5, 5.41) is 8.22. The number of hydrogen-bond donors (Lipinski definition) is 0. The molecule has 0 saturated carbocycles. The molecule has 4 rings (SSSR count). The number of fused-ring (bicyclic) bond motifs is 1. The van der Waals surface area contributed by atoms with Gasteiger partial charge in [0.15, 0.2) is 5.82 Å². The van der Waals surface area contributed by atoms with E-state index in [2.05, 4.69) is 25.1 Å². The van der Waals surface area contributed by atoms with Crippen LogP contribution in [0, 0.1) is 6.92 Å². The second-order valence-electron chi connectivity index (χ2n) is 5.92. The molecule has 3 aromatic rings. The van der Waals surface area contributed by atoms with Gasteiger partial charge < -0.3 is 9.80 Å². The number of aryl methyl sites for hydroxylation is 1. The fraction of sp³-hybridized carbons (Fsp3) is 0.400. The molecule has 0 unspecified atom stereocenters. The normalized spacial score (nSPS) is 15.7. The Morgan fingerprint density at radius 1 is 0.962 bits per heavy atom. The second-order valence-corrected chi connectivity index (χ2v) is 5.92. The van der Waals surface area contributed by atoms with Gasteiger partial charge in [-0.25, -0.2) is 15.0 Å². The zero-order valence-corrected chi connectivity index (χ0v) is 13.8. The van der Waals surface area contributed by atoms with Crippen molar-refractivity contribution in [3.05, 3.63) is 36.3 Å². The van der Waals surface area contributed by atoms with Gasteiger partial charge in [-0.1, -0.05) is 0 Å². The highest BCUT2D eigenvalue weighted by molar-refractivity contribution is 5.64. The Balaban J connectivity index is 1.52. The third kappa shape index (κ3) is 2.89. The van der Waals surface area contributed by atoms with Crippen LogP contribution in [0.1, 0.15) is 11.5 Å². The Hall–Kier alpha value is -2.98. The SMILES string of the molecule is Cc1nnc2c(N3CCN(c4cc(C(F)(F)F)ncn4)CC3)nccn12. The highest BCUT2D eigenvalue weighted by atomic mass is 19.4. The van der Waals surface area contributed by atoms with Gasteiger partial charge in [-0.2, -0.15) is 13.2 Å². The number of halogens is 3. The standard InChI is InChI=1S/C15H15F3N8/c1-10-22-23-14-13(19-2-3-26(10)14)25-6-4-24(5-7-25)12-8-11(15(16,17)18)20-9-21-12/h2-3,8-9H,4-7H2,1H3. The Labute approximate surface area is 146 Å². The maximum absolute atomic E-state index is 12.8. The van der Waals surface area contributed by atoms with Crippen LogP contribution >= 0.6 is 0 Å². The first kappa shape index (κ1) is 16.5. The van der Waals surface area contributed by atoms with E-state index in [4.69, 9.17) is 0 Å². The summed E-state index contributed by atoms with van der Waals surface area (Å²) in [7, 11) is 0. The van der Waals surface area contributed by atoms with Crippen LogP contribution in [0.2, 0.25) is 0 Å². The van der Waals surface area contributed by atoms with Crippen molar-refractivity contribution in [3.63, 3.8) is 0 Å². The van der Waals surface area contributed by atoms with Crippen molar-refractivity contribution in [2.75, 3.05) is 36.0 Å². The van der Waals surface area contributed by atoms with Crippen LogP contribution in [0.25, 0.3) is 5.65 Å². The molecular weight excluding hydrogens is 349 g/mol. The van der Waals surface area contributed by atoms with Crippen molar-refractivity contribution in [1.82, 2.24) is 29.5 Å². The van der Waals surface area contributed by atoms with Gasteiger partial charge in [-0.15, -0.1) is 10.2 Å². The Morgan fingerprint density at radius 2 is 1.69 bits per heavy atom. The molecule has 0 aromatic carbocycles. The van der Waals surface area contributed by atoms with Crippen LogP contribution in [-0.2, 0) is 6.18 Å². The zero-order valence-electron chi connectivity index (χ0n) is 13.8. The molecule has 0 aliphatic carbocycles. The predicted molar refractivity (Wildman–Crippen MR) is 87.0 cm³/mol. The van der Waals surface area contributed by atoms with E-state index in [9.17, 15) is 13.2 Å². The molecule has 1 fully saturated rings. The molecule has 4 heterocycles. The number of rotatable bonds is 2. The Kier molecular flexibility index (Phi) is 3.85. The van der Waals surface area contributed by atoms with Crippen molar-refractivity contribution in [2.24, 2.45) is 0 Å². The molecule has 8 nitrogen and oxygen atoms in total. The lowest BCUT2D eigenvalue weighted by Crippen LogP contribution is -2.47. The minimum absolute atomic E-state index is 0.275. The molecule has 3 aromatic heterocycles. The summed E-state index contributed by atoms with van der Waals surface area (Å²) >= 11 is 0. The van der Waals surface area contributed by atoms with E-state index in [0.29, 0.717) is 37.6 Å². The summed E-state index contributed by atoms with van der Waals surface area (Å²) in [5.41, 5.74) is -0.268. The molecule has 0 amide bonds. The van der Waals surface area contributed by atoms with Gasteiger partial charge in [-0.05, 0) is 6.92 Å². The molecule has 0 atom stereocenters. The Morgan fingerprint density at radius 3 is 2.42 bits per heavy atom. The summed E-state index contributed by atoms with van der Waals surface area (Å²) in [6, 6.07) is 0.983. The highest BCUT2D eigenvalue weighted by Gasteiger charge is 2.33. The molecule has 1 saturated heterocycles. The molecule has 1 aliphatic heterocycles. The van der Waals surface area contributed by atoms with Gasteiger partial charge >= 0.3 is 6.18 Å². The van der Waals surface area contributed by atoms with Crippen LogP contribution < -0.4 is 9.80 Å².